The third-order valence-corrected chi connectivity index (χ3v) is 3.01. The first-order valence-electron chi connectivity index (χ1n) is 6.29. The smallest absolute Gasteiger partial charge is 0.270 e. The predicted molar refractivity (Wildman–Crippen MR) is 76.6 cm³/mol. The molecule has 1 aromatic heterocycles. The zero-order valence-corrected chi connectivity index (χ0v) is 11.2. The van der Waals surface area contributed by atoms with E-state index >= 15 is 0 Å². The molecule has 0 unspecified atom stereocenters. The van der Waals surface area contributed by atoms with Crippen LogP contribution >= 0.6 is 0 Å². The average Bonchev–Trinajstić information content (AvgIpc) is 2.97. The van der Waals surface area contributed by atoms with Crippen molar-refractivity contribution in [3.8, 4) is 22.8 Å². The van der Waals surface area contributed by atoms with E-state index in [9.17, 15) is 10.1 Å². The standard InChI is InChI=1S/C15H11N3O3/c1-10-4-2-6-12(8-10)15-16-14(17-21-15)11-5-3-7-13(9-11)18(19)20/h2-9H,1H3. The summed E-state index contributed by atoms with van der Waals surface area (Å²) in [5, 5.41) is 14.7. The molecule has 1 heterocycles. The Morgan fingerprint density at radius 3 is 2.62 bits per heavy atom. The molecule has 6 nitrogen and oxygen atoms in total. The van der Waals surface area contributed by atoms with Crippen molar-refractivity contribution in [1.82, 2.24) is 10.1 Å². The number of rotatable bonds is 3. The third kappa shape index (κ3) is 2.64. The second kappa shape index (κ2) is 5.16. The van der Waals surface area contributed by atoms with Crippen molar-refractivity contribution < 1.29 is 9.45 Å². The van der Waals surface area contributed by atoms with Crippen molar-refractivity contribution in [3.63, 3.8) is 0 Å². The fraction of sp³-hybridized carbons (Fsp3) is 0.0667. The fourth-order valence-electron chi connectivity index (χ4n) is 1.99. The van der Waals surface area contributed by atoms with Crippen LogP contribution in [0.4, 0.5) is 5.69 Å². The highest BCUT2D eigenvalue weighted by Gasteiger charge is 2.13. The van der Waals surface area contributed by atoms with Gasteiger partial charge in [0.2, 0.25) is 5.82 Å². The van der Waals surface area contributed by atoms with Crippen molar-refractivity contribution >= 4 is 5.69 Å². The van der Waals surface area contributed by atoms with Gasteiger partial charge in [-0.3, -0.25) is 10.1 Å². The van der Waals surface area contributed by atoms with Crippen LogP contribution in [-0.2, 0) is 0 Å². The monoisotopic (exact) mass is 281 g/mol. The van der Waals surface area contributed by atoms with E-state index < -0.39 is 4.92 Å². The molecule has 3 aromatic rings. The molecular weight excluding hydrogens is 270 g/mol. The highest BCUT2D eigenvalue weighted by Crippen LogP contribution is 2.25. The molecule has 0 aliphatic rings. The molecule has 0 saturated carbocycles. The van der Waals surface area contributed by atoms with E-state index in [4.69, 9.17) is 4.52 Å². The van der Waals surface area contributed by atoms with Gasteiger partial charge in [-0.2, -0.15) is 4.98 Å². The lowest BCUT2D eigenvalue weighted by Gasteiger charge is -1.95. The van der Waals surface area contributed by atoms with Crippen molar-refractivity contribution in [1.29, 1.82) is 0 Å². The van der Waals surface area contributed by atoms with Gasteiger partial charge in [0.25, 0.3) is 11.6 Å². The summed E-state index contributed by atoms with van der Waals surface area (Å²) in [5.74, 6) is 0.718. The quantitative estimate of drug-likeness (QED) is 0.541. The van der Waals surface area contributed by atoms with Gasteiger partial charge in [0, 0.05) is 23.3 Å². The van der Waals surface area contributed by atoms with Crippen molar-refractivity contribution in [2.75, 3.05) is 0 Å². The van der Waals surface area contributed by atoms with Crippen molar-refractivity contribution in [3.05, 3.63) is 64.2 Å². The van der Waals surface area contributed by atoms with Gasteiger partial charge >= 0.3 is 0 Å². The van der Waals surface area contributed by atoms with Gasteiger partial charge in [0.15, 0.2) is 0 Å². The first-order chi connectivity index (χ1) is 10.1. The first kappa shape index (κ1) is 13.0. The lowest BCUT2D eigenvalue weighted by Crippen LogP contribution is -1.88. The number of nitrogens with zero attached hydrogens (tertiary/aromatic N) is 3. The minimum atomic E-state index is -0.453. The Labute approximate surface area is 120 Å². The Hall–Kier alpha value is -3.02. The predicted octanol–water partition coefficient (Wildman–Crippen LogP) is 3.62. The van der Waals surface area contributed by atoms with E-state index in [0.29, 0.717) is 17.3 Å². The number of hydrogen-bond donors (Lipinski definition) is 0. The first-order valence-corrected chi connectivity index (χ1v) is 6.29. The second-order valence-electron chi connectivity index (χ2n) is 4.60. The van der Waals surface area contributed by atoms with E-state index in [1.54, 1.807) is 12.1 Å². The Morgan fingerprint density at radius 2 is 1.86 bits per heavy atom. The summed E-state index contributed by atoms with van der Waals surface area (Å²) in [4.78, 5) is 14.6. The largest absolute Gasteiger partial charge is 0.334 e. The number of nitro groups is 1. The topological polar surface area (TPSA) is 82.1 Å². The molecular formula is C15H11N3O3. The summed E-state index contributed by atoms with van der Waals surface area (Å²) in [6.45, 7) is 1.97. The number of aryl methyl sites for hydroxylation is 1. The molecule has 0 aliphatic carbocycles. The molecule has 21 heavy (non-hydrogen) atoms. The molecule has 6 heteroatoms. The molecule has 104 valence electrons. The van der Waals surface area contributed by atoms with Gasteiger partial charge < -0.3 is 4.52 Å². The molecule has 0 atom stereocenters. The zero-order chi connectivity index (χ0) is 14.8. The van der Waals surface area contributed by atoms with Crippen LogP contribution in [0.3, 0.4) is 0 Å². The van der Waals surface area contributed by atoms with Gasteiger partial charge in [-0.1, -0.05) is 35.0 Å². The highest BCUT2D eigenvalue weighted by atomic mass is 16.6. The Balaban J connectivity index is 1.98. The van der Waals surface area contributed by atoms with Gasteiger partial charge in [0.05, 0.1) is 4.92 Å². The maximum absolute atomic E-state index is 10.8. The van der Waals surface area contributed by atoms with Gasteiger partial charge in [-0.05, 0) is 19.1 Å². The van der Waals surface area contributed by atoms with Gasteiger partial charge in [0.1, 0.15) is 0 Å². The maximum atomic E-state index is 10.8. The molecule has 0 radical (unpaired) electrons. The maximum Gasteiger partial charge on any atom is 0.270 e. The summed E-state index contributed by atoms with van der Waals surface area (Å²) in [7, 11) is 0. The number of hydrogen-bond acceptors (Lipinski definition) is 5. The molecule has 0 amide bonds. The molecule has 2 aromatic carbocycles. The summed E-state index contributed by atoms with van der Waals surface area (Å²) < 4.78 is 5.23. The van der Waals surface area contributed by atoms with Crippen LogP contribution in [0.2, 0.25) is 0 Å². The van der Waals surface area contributed by atoms with E-state index in [1.807, 2.05) is 31.2 Å². The van der Waals surface area contributed by atoms with Crippen molar-refractivity contribution in [2.24, 2.45) is 0 Å². The number of nitro benzene ring substituents is 1. The Kier molecular flexibility index (Phi) is 3.19. The molecule has 0 N–H and O–H groups in total. The highest BCUT2D eigenvalue weighted by molar-refractivity contribution is 5.62. The van der Waals surface area contributed by atoms with Crippen LogP contribution in [0.1, 0.15) is 5.56 Å². The van der Waals surface area contributed by atoms with Gasteiger partial charge in [-0.15, -0.1) is 0 Å². The lowest BCUT2D eigenvalue weighted by molar-refractivity contribution is -0.384. The molecule has 0 fully saturated rings. The summed E-state index contributed by atoms with van der Waals surface area (Å²) in [6, 6.07) is 13.8. The van der Waals surface area contributed by atoms with Crippen LogP contribution in [-0.4, -0.2) is 15.1 Å². The van der Waals surface area contributed by atoms with E-state index in [0.717, 1.165) is 11.1 Å². The van der Waals surface area contributed by atoms with Crippen LogP contribution < -0.4 is 0 Å². The van der Waals surface area contributed by atoms with E-state index in [2.05, 4.69) is 10.1 Å². The van der Waals surface area contributed by atoms with Gasteiger partial charge in [-0.25, -0.2) is 0 Å². The minimum absolute atomic E-state index is 0.00518. The third-order valence-electron chi connectivity index (χ3n) is 3.01. The van der Waals surface area contributed by atoms with Crippen LogP contribution in [0.15, 0.2) is 53.1 Å². The fourth-order valence-corrected chi connectivity index (χ4v) is 1.99. The lowest BCUT2D eigenvalue weighted by atomic mass is 10.1. The number of non-ortho nitro benzene ring substituents is 1. The Morgan fingerprint density at radius 1 is 1.10 bits per heavy atom. The second-order valence-corrected chi connectivity index (χ2v) is 4.60. The van der Waals surface area contributed by atoms with E-state index in [1.165, 1.54) is 12.1 Å². The SMILES string of the molecule is Cc1cccc(-c2nc(-c3cccc([N+](=O)[O-])c3)no2)c1. The summed E-state index contributed by atoms with van der Waals surface area (Å²) in [6.07, 6.45) is 0. The van der Waals surface area contributed by atoms with Crippen molar-refractivity contribution in [2.45, 2.75) is 6.92 Å². The van der Waals surface area contributed by atoms with Crippen LogP contribution in [0.25, 0.3) is 22.8 Å². The van der Waals surface area contributed by atoms with E-state index in [-0.39, 0.29) is 5.69 Å². The molecule has 0 bridgehead atoms. The Bertz CT molecular complexity index is 811. The molecule has 0 spiro atoms. The molecule has 0 aliphatic heterocycles. The van der Waals surface area contributed by atoms with Crippen LogP contribution in [0.5, 0.6) is 0 Å². The average molecular weight is 281 g/mol. The molecule has 0 saturated heterocycles. The number of benzene rings is 2. The summed E-state index contributed by atoms with van der Waals surface area (Å²) >= 11 is 0. The number of aromatic nitrogens is 2. The van der Waals surface area contributed by atoms with Crippen LogP contribution in [0, 0.1) is 17.0 Å². The zero-order valence-electron chi connectivity index (χ0n) is 11.2. The normalized spacial score (nSPS) is 10.5. The minimum Gasteiger partial charge on any atom is -0.334 e. The summed E-state index contributed by atoms with van der Waals surface area (Å²) in [5.41, 5.74) is 2.45. The molecule has 3 rings (SSSR count).